The van der Waals surface area contributed by atoms with E-state index in [4.69, 9.17) is 4.84 Å². The highest BCUT2D eigenvalue weighted by molar-refractivity contribution is 5.64. The average molecular weight is 335 g/mol. The van der Waals surface area contributed by atoms with Crippen LogP contribution in [-0.4, -0.2) is 11.9 Å². The van der Waals surface area contributed by atoms with E-state index in [1.807, 2.05) is 30.3 Å². The Kier molecular flexibility index (Phi) is 4.09. The van der Waals surface area contributed by atoms with E-state index in [1.54, 1.807) is 12.0 Å². The molecule has 3 nitrogen and oxygen atoms in total. The van der Waals surface area contributed by atoms with Crippen molar-refractivity contribution < 1.29 is 22.8 Å². The number of nitrogens with zero attached hydrogens (tertiary/aromatic N) is 1. The summed E-state index contributed by atoms with van der Waals surface area (Å²) in [6.07, 6.45) is -3.29. The van der Waals surface area contributed by atoms with E-state index in [9.17, 15) is 18.0 Å². The quantitative estimate of drug-likeness (QED) is 0.771. The summed E-state index contributed by atoms with van der Waals surface area (Å²) in [5.74, 6) is 0. The number of para-hydroxylation sites is 1. The minimum atomic E-state index is -4.37. The van der Waals surface area contributed by atoms with Crippen LogP contribution in [0.25, 0.3) is 0 Å². The third-order valence-corrected chi connectivity index (χ3v) is 4.07. The van der Waals surface area contributed by atoms with Gasteiger partial charge in [-0.2, -0.15) is 13.2 Å². The van der Waals surface area contributed by atoms with Crippen LogP contribution in [0.1, 0.15) is 30.5 Å². The van der Waals surface area contributed by atoms with E-state index in [1.165, 1.54) is 12.1 Å². The summed E-state index contributed by atoms with van der Waals surface area (Å²) < 4.78 is 38.2. The van der Waals surface area contributed by atoms with E-state index >= 15 is 0 Å². The first-order valence-corrected chi connectivity index (χ1v) is 7.49. The van der Waals surface area contributed by atoms with Crippen LogP contribution in [0.5, 0.6) is 0 Å². The van der Waals surface area contributed by atoms with Crippen molar-refractivity contribution in [3.8, 4) is 0 Å². The number of hydrogen-bond acceptors (Lipinski definition) is 3. The number of carbonyl (C=O) groups excluding carboxylic acids is 1. The minimum Gasteiger partial charge on any atom is -0.300 e. The Morgan fingerprint density at radius 1 is 1.12 bits per heavy atom. The average Bonchev–Trinajstić information content (AvgIpc) is 2.94. The summed E-state index contributed by atoms with van der Waals surface area (Å²) in [6.45, 7) is 1.67. The molecule has 1 fully saturated rings. The minimum absolute atomic E-state index is 0.343. The molecule has 3 rings (SSSR count). The van der Waals surface area contributed by atoms with Crippen molar-refractivity contribution in [3.63, 3.8) is 0 Å². The highest BCUT2D eigenvalue weighted by Gasteiger charge is 2.43. The fraction of sp³-hybridized carbons (Fsp3) is 0.278. The fourth-order valence-electron chi connectivity index (χ4n) is 2.82. The second-order valence-corrected chi connectivity index (χ2v) is 6.02. The van der Waals surface area contributed by atoms with Gasteiger partial charge in [-0.1, -0.05) is 30.3 Å². The van der Waals surface area contributed by atoms with E-state index in [0.717, 1.165) is 24.1 Å². The van der Waals surface area contributed by atoms with Gasteiger partial charge in [0.1, 0.15) is 0 Å². The van der Waals surface area contributed by atoms with Crippen molar-refractivity contribution in [1.82, 2.24) is 0 Å². The van der Waals surface area contributed by atoms with Crippen LogP contribution in [0, 0.1) is 0 Å². The number of carbonyl (C=O) groups is 1. The molecule has 1 saturated heterocycles. The lowest BCUT2D eigenvalue weighted by Crippen LogP contribution is -2.28. The predicted molar refractivity (Wildman–Crippen MR) is 83.3 cm³/mol. The molecule has 1 aliphatic heterocycles. The number of alkyl halides is 3. The summed E-state index contributed by atoms with van der Waals surface area (Å²) in [5.41, 5.74) is -0.302. The SMILES string of the molecule is C[C@@]1(C=O)C[C@@H](c2ccc(C(F)(F)F)cc2)N(c2ccccc2)O1. The molecular weight excluding hydrogens is 319 g/mol. The number of anilines is 1. The van der Waals surface area contributed by atoms with Crippen LogP contribution in [0.15, 0.2) is 54.6 Å². The summed E-state index contributed by atoms with van der Waals surface area (Å²) in [5, 5.41) is 1.59. The van der Waals surface area contributed by atoms with Crippen LogP contribution in [0.2, 0.25) is 0 Å². The Morgan fingerprint density at radius 3 is 2.29 bits per heavy atom. The third kappa shape index (κ3) is 3.14. The zero-order valence-corrected chi connectivity index (χ0v) is 13.0. The largest absolute Gasteiger partial charge is 0.416 e. The maximum absolute atomic E-state index is 12.7. The molecule has 0 aromatic heterocycles. The van der Waals surface area contributed by atoms with Crippen molar-refractivity contribution >= 4 is 12.0 Å². The summed E-state index contributed by atoms with van der Waals surface area (Å²) >= 11 is 0. The van der Waals surface area contributed by atoms with Crippen LogP contribution in [0.3, 0.4) is 0 Å². The molecule has 0 unspecified atom stereocenters. The second-order valence-electron chi connectivity index (χ2n) is 6.02. The van der Waals surface area contributed by atoms with Crippen molar-refractivity contribution in [2.75, 3.05) is 5.06 Å². The Labute approximate surface area is 137 Å². The number of halogens is 3. The lowest BCUT2D eigenvalue weighted by Gasteiger charge is -2.25. The van der Waals surface area contributed by atoms with E-state index in [-0.39, 0.29) is 6.04 Å². The first-order valence-electron chi connectivity index (χ1n) is 7.49. The van der Waals surface area contributed by atoms with Gasteiger partial charge < -0.3 is 4.79 Å². The van der Waals surface area contributed by atoms with Crippen molar-refractivity contribution in [3.05, 3.63) is 65.7 Å². The van der Waals surface area contributed by atoms with Gasteiger partial charge in [0.05, 0.1) is 17.3 Å². The van der Waals surface area contributed by atoms with Gasteiger partial charge in [-0.25, -0.2) is 5.06 Å². The molecule has 0 N–H and O–H groups in total. The van der Waals surface area contributed by atoms with Gasteiger partial charge in [-0.15, -0.1) is 0 Å². The zero-order chi connectivity index (χ0) is 17.4. The maximum Gasteiger partial charge on any atom is 0.416 e. The van der Waals surface area contributed by atoms with Gasteiger partial charge in [0, 0.05) is 6.42 Å². The van der Waals surface area contributed by atoms with Crippen LogP contribution < -0.4 is 5.06 Å². The lowest BCUT2D eigenvalue weighted by atomic mass is 9.94. The molecule has 6 heteroatoms. The molecule has 24 heavy (non-hydrogen) atoms. The fourth-order valence-corrected chi connectivity index (χ4v) is 2.82. The Balaban J connectivity index is 1.96. The van der Waals surface area contributed by atoms with Gasteiger partial charge in [-0.05, 0) is 36.8 Å². The van der Waals surface area contributed by atoms with E-state index in [2.05, 4.69) is 0 Å². The monoisotopic (exact) mass is 335 g/mol. The van der Waals surface area contributed by atoms with Gasteiger partial charge in [0.15, 0.2) is 11.9 Å². The van der Waals surface area contributed by atoms with E-state index in [0.29, 0.717) is 12.0 Å². The molecule has 0 bridgehead atoms. The Bertz CT molecular complexity index is 715. The van der Waals surface area contributed by atoms with Crippen molar-refractivity contribution in [1.29, 1.82) is 0 Å². The van der Waals surface area contributed by atoms with E-state index < -0.39 is 17.3 Å². The predicted octanol–water partition coefficient (Wildman–Crippen LogP) is 4.55. The first-order chi connectivity index (χ1) is 11.3. The highest BCUT2D eigenvalue weighted by Crippen LogP contribution is 2.42. The normalized spacial score (nSPS) is 24.2. The number of rotatable bonds is 3. The Morgan fingerprint density at radius 2 is 1.75 bits per heavy atom. The summed E-state index contributed by atoms with van der Waals surface area (Å²) in [6, 6.07) is 13.8. The second kappa shape index (κ2) is 5.94. The molecule has 0 spiro atoms. The molecule has 1 aliphatic rings. The van der Waals surface area contributed by atoms with Crippen LogP contribution in [-0.2, 0) is 15.8 Å². The smallest absolute Gasteiger partial charge is 0.300 e. The standard InChI is InChI=1S/C18H16F3NO2/c1-17(12-23)11-16(22(24-17)15-5-3-2-4-6-15)13-7-9-14(10-8-13)18(19,20)21/h2-10,12,16H,11H2,1H3/t16-,17-/m0/s1. The van der Waals surface area contributed by atoms with Gasteiger partial charge >= 0.3 is 6.18 Å². The molecule has 0 amide bonds. The molecule has 2 aromatic carbocycles. The van der Waals surface area contributed by atoms with Crippen molar-refractivity contribution in [2.45, 2.75) is 31.2 Å². The molecule has 2 aromatic rings. The highest BCUT2D eigenvalue weighted by atomic mass is 19.4. The molecule has 126 valence electrons. The number of hydrogen-bond donors (Lipinski definition) is 0. The van der Waals surface area contributed by atoms with Crippen LogP contribution in [0.4, 0.5) is 18.9 Å². The van der Waals surface area contributed by atoms with Gasteiger partial charge in [0.2, 0.25) is 0 Å². The number of hydroxylamine groups is 1. The van der Waals surface area contributed by atoms with Gasteiger partial charge in [-0.3, -0.25) is 4.84 Å². The number of benzene rings is 2. The molecule has 1 heterocycles. The maximum atomic E-state index is 12.7. The molecule has 2 atom stereocenters. The van der Waals surface area contributed by atoms with Crippen molar-refractivity contribution in [2.24, 2.45) is 0 Å². The molecular formula is C18H16F3NO2. The topological polar surface area (TPSA) is 29.5 Å². The van der Waals surface area contributed by atoms with Gasteiger partial charge in [0.25, 0.3) is 0 Å². The van der Waals surface area contributed by atoms with Crippen LogP contribution >= 0.6 is 0 Å². The molecule has 0 aliphatic carbocycles. The summed E-state index contributed by atoms with van der Waals surface area (Å²) in [4.78, 5) is 17.2. The molecule has 0 saturated carbocycles. The zero-order valence-electron chi connectivity index (χ0n) is 13.0. The lowest BCUT2D eigenvalue weighted by molar-refractivity contribution is -0.137. The summed E-state index contributed by atoms with van der Waals surface area (Å²) in [7, 11) is 0. The first kappa shape index (κ1) is 16.5. The Hall–Kier alpha value is -2.34. The molecule has 0 radical (unpaired) electrons. The third-order valence-electron chi connectivity index (χ3n) is 4.07. The number of aldehydes is 1.